The van der Waals surface area contributed by atoms with Crippen molar-refractivity contribution in [3.05, 3.63) is 111 Å². The largest absolute Gasteiger partial charge is 0.347 e. The van der Waals surface area contributed by atoms with Crippen molar-refractivity contribution in [2.24, 2.45) is 0 Å². The third kappa shape index (κ3) is 3.29. The van der Waals surface area contributed by atoms with Gasteiger partial charge in [-0.2, -0.15) is 0 Å². The average Bonchev–Trinajstić information content (AvgIpc) is 3.57. The Kier molecular flexibility index (Phi) is 5.19. The van der Waals surface area contributed by atoms with Gasteiger partial charge >= 0.3 is 0 Å². The third-order valence-corrected chi connectivity index (χ3v) is 8.62. The van der Waals surface area contributed by atoms with Crippen LogP contribution in [-0.2, 0) is 5.41 Å². The molecule has 3 aromatic rings. The van der Waals surface area contributed by atoms with Crippen molar-refractivity contribution < 1.29 is 14.4 Å². The number of nitrogens with zero attached hydrogens (tertiary/aromatic N) is 1. The van der Waals surface area contributed by atoms with Crippen molar-refractivity contribution in [3.8, 4) is 0 Å². The van der Waals surface area contributed by atoms with Crippen molar-refractivity contribution in [2.45, 2.75) is 37.5 Å². The molecule has 5 heteroatoms. The Morgan fingerprint density at radius 1 is 0.914 bits per heavy atom. The number of carbonyl (C=O) groups is 3. The van der Waals surface area contributed by atoms with Crippen LogP contribution in [0.1, 0.15) is 73.6 Å². The second kappa shape index (κ2) is 8.28. The van der Waals surface area contributed by atoms with Crippen molar-refractivity contribution >= 4 is 34.4 Å². The Morgan fingerprint density at radius 3 is 2.29 bits per heavy atom. The van der Waals surface area contributed by atoms with E-state index in [1.807, 2.05) is 42.8 Å². The molecule has 1 fully saturated rings. The SMILES string of the molecule is CN1/C(=C/C=C2C(=O)c3ccccc3C2=O)C2(CCCCC2)c2cc(C(=O)c3cccs3)ccc21. The summed E-state index contributed by atoms with van der Waals surface area (Å²) < 4.78 is 0. The summed E-state index contributed by atoms with van der Waals surface area (Å²) in [5, 5.41) is 1.93. The second-order valence-corrected chi connectivity index (χ2v) is 10.5. The third-order valence-electron chi connectivity index (χ3n) is 7.75. The van der Waals surface area contributed by atoms with E-state index in [4.69, 9.17) is 0 Å². The van der Waals surface area contributed by atoms with Crippen LogP contribution in [0.5, 0.6) is 0 Å². The summed E-state index contributed by atoms with van der Waals surface area (Å²) in [6, 6.07) is 16.8. The van der Waals surface area contributed by atoms with Crippen molar-refractivity contribution in [2.75, 3.05) is 11.9 Å². The first kappa shape index (κ1) is 21.9. The lowest BCUT2D eigenvalue weighted by Crippen LogP contribution is -2.32. The Bertz CT molecular complexity index is 1400. The first-order valence-corrected chi connectivity index (χ1v) is 13.0. The Labute approximate surface area is 208 Å². The molecule has 2 aliphatic carbocycles. The lowest BCUT2D eigenvalue weighted by molar-refractivity contribution is 0.0986. The molecule has 0 atom stereocenters. The fraction of sp³-hybridized carbons (Fsp3) is 0.233. The highest BCUT2D eigenvalue weighted by molar-refractivity contribution is 7.12. The standard InChI is InChI=1S/C30H25NO3S/c1-31-24-13-11-19(27(32)25-10-7-17-35-25)18-23(24)30(15-5-2-6-16-30)26(31)14-12-22-28(33)20-8-3-4-9-21(20)29(22)34/h3-4,7-14,17-18H,2,5-6,15-16H2,1H3/b26-14+. The maximum atomic E-state index is 13.1. The predicted molar refractivity (Wildman–Crippen MR) is 139 cm³/mol. The van der Waals surface area contributed by atoms with E-state index in [0.717, 1.165) is 41.9 Å². The molecule has 35 heavy (non-hydrogen) atoms. The first-order valence-electron chi connectivity index (χ1n) is 12.1. The molecule has 0 amide bonds. The van der Waals surface area contributed by atoms with E-state index in [9.17, 15) is 14.4 Å². The van der Waals surface area contributed by atoms with Gasteiger partial charge in [-0.1, -0.05) is 49.6 Å². The van der Waals surface area contributed by atoms with Gasteiger partial charge in [0.05, 0.1) is 10.5 Å². The summed E-state index contributed by atoms with van der Waals surface area (Å²) in [7, 11) is 2.04. The van der Waals surface area contributed by atoms with Gasteiger partial charge in [0.1, 0.15) is 0 Å². The summed E-state index contributed by atoms with van der Waals surface area (Å²) in [6.45, 7) is 0. The quantitative estimate of drug-likeness (QED) is 0.244. The van der Waals surface area contributed by atoms with E-state index in [2.05, 4.69) is 11.0 Å². The van der Waals surface area contributed by atoms with Gasteiger partial charge in [0.15, 0.2) is 11.6 Å². The number of carbonyl (C=O) groups excluding carboxylic acids is 3. The molecule has 2 heterocycles. The first-order chi connectivity index (χ1) is 17.0. The van der Waals surface area contributed by atoms with E-state index >= 15 is 0 Å². The minimum Gasteiger partial charge on any atom is -0.347 e. The summed E-state index contributed by atoms with van der Waals surface area (Å²) in [4.78, 5) is 41.9. The van der Waals surface area contributed by atoms with E-state index in [0.29, 0.717) is 16.7 Å². The molecule has 1 spiro atoms. The monoisotopic (exact) mass is 479 g/mol. The Hall–Kier alpha value is -3.57. The van der Waals surface area contributed by atoms with Gasteiger partial charge < -0.3 is 4.90 Å². The zero-order chi connectivity index (χ0) is 24.2. The number of benzene rings is 2. The van der Waals surface area contributed by atoms with Crippen LogP contribution in [0.2, 0.25) is 0 Å². The number of likely N-dealkylation sites (N-methyl/N-ethyl adjacent to an activating group) is 1. The molecule has 6 rings (SSSR count). The highest BCUT2D eigenvalue weighted by atomic mass is 32.1. The molecule has 2 aromatic carbocycles. The smallest absolute Gasteiger partial charge is 0.202 e. The molecular formula is C30H25NO3S. The number of allylic oxidation sites excluding steroid dienone is 4. The molecule has 0 radical (unpaired) electrons. The number of hydrogen-bond donors (Lipinski definition) is 0. The summed E-state index contributed by atoms with van der Waals surface area (Å²) in [5.41, 5.74) is 5.04. The number of Topliss-reactive ketones (excluding diaryl/α,β-unsaturated/α-hetero) is 2. The van der Waals surface area contributed by atoms with Crippen molar-refractivity contribution in [1.29, 1.82) is 0 Å². The topological polar surface area (TPSA) is 54.5 Å². The zero-order valence-corrected chi connectivity index (χ0v) is 20.4. The van der Waals surface area contributed by atoms with Gasteiger partial charge in [0.25, 0.3) is 0 Å². The van der Waals surface area contributed by atoms with E-state index in [-0.39, 0.29) is 28.3 Å². The van der Waals surface area contributed by atoms with Gasteiger partial charge in [-0.15, -0.1) is 11.3 Å². The van der Waals surface area contributed by atoms with Crippen molar-refractivity contribution in [3.63, 3.8) is 0 Å². The van der Waals surface area contributed by atoms with Gasteiger partial charge in [0, 0.05) is 40.5 Å². The van der Waals surface area contributed by atoms with Crippen LogP contribution in [0, 0.1) is 0 Å². The summed E-state index contributed by atoms with van der Waals surface area (Å²) >= 11 is 1.46. The van der Waals surface area contributed by atoms with Crippen LogP contribution in [0.4, 0.5) is 5.69 Å². The molecule has 1 aliphatic heterocycles. The molecular weight excluding hydrogens is 454 g/mol. The van der Waals surface area contributed by atoms with Crippen molar-refractivity contribution in [1.82, 2.24) is 0 Å². The van der Waals surface area contributed by atoms with Gasteiger partial charge in [0.2, 0.25) is 5.78 Å². The van der Waals surface area contributed by atoms with Crippen LogP contribution in [0.25, 0.3) is 0 Å². The molecule has 4 nitrogen and oxygen atoms in total. The highest BCUT2D eigenvalue weighted by Gasteiger charge is 2.46. The molecule has 3 aliphatic rings. The molecule has 0 saturated heterocycles. The Morgan fingerprint density at radius 2 is 1.63 bits per heavy atom. The van der Waals surface area contributed by atoms with E-state index in [1.165, 1.54) is 23.3 Å². The van der Waals surface area contributed by atoms with E-state index < -0.39 is 0 Å². The molecule has 1 saturated carbocycles. The molecule has 174 valence electrons. The minimum absolute atomic E-state index is 0.0517. The molecule has 1 aromatic heterocycles. The number of anilines is 1. The zero-order valence-electron chi connectivity index (χ0n) is 19.5. The van der Waals surface area contributed by atoms with Gasteiger partial charge in [-0.25, -0.2) is 0 Å². The van der Waals surface area contributed by atoms with Gasteiger partial charge in [-0.05, 0) is 60.2 Å². The average molecular weight is 480 g/mol. The Balaban J connectivity index is 1.44. The number of hydrogen-bond acceptors (Lipinski definition) is 5. The predicted octanol–water partition coefficient (Wildman–Crippen LogP) is 6.52. The number of rotatable bonds is 3. The van der Waals surface area contributed by atoms with Crippen LogP contribution in [-0.4, -0.2) is 24.4 Å². The maximum absolute atomic E-state index is 13.1. The number of fused-ring (bicyclic) bond motifs is 3. The minimum atomic E-state index is -0.220. The van der Waals surface area contributed by atoms with E-state index in [1.54, 1.807) is 30.3 Å². The van der Waals surface area contributed by atoms with Crippen LogP contribution < -0.4 is 4.90 Å². The lowest BCUT2D eigenvalue weighted by Gasteiger charge is -2.36. The summed E-state index contributed by atoms with van der Waals surface area (Å²) in [5.74, 6) is -0.361. The van der Waals surface area contributed by atoms with Crippen LogP contribution >= 0.6 is 11.3 Å². The fourth-order valence-electron chi connectivity index (χ4n) is 6.03. The van der Waals surface area contributed by atoms with Crippen LogP contribution in [0.15, 0.2) is 83.4 Å². The van der Waals surface area contributed by atoms with Crippen LogP contribution in [0.3, 0.4) is 0 Å². The van der Waals surface area contributed by atoms with Gasteiger partial charge in [-0.3, -0.25) is 14.4 Å². The molecule has 0 N–H and O–H groups in total. The number of thiophene rings is 1. The second-order valence-electron chi connectivity index (χ2n) is 9.58. The number of ketones is 3. The molecule has 0 bridgehead atoms. The fourth-order valence-corrected chi connectivity index (χ4v) is 6.72. The molecule has 0 unspecified atom stereocenters. The normalized spacial score (nSPS) is 19.4. The lowest BCUT2D eigenvalue weighted by atomic mass is 9.68. The maximum Gasteiger partial charge on any atom is 0.202 e. The highest BCUT2D eigenvalue weighted by Crippen LogP contribution is 2.55. The summed E-state index contributed by atoms with van der Waals surface area (Å²) in [6.07, 6.45) is 9.06.